The molecule has 1 aliphatic carbocycles. The lowest BCUT2D eigenvalue weighted by Gasteiger charge is -2.34. The summed E-state index contributed by atoms with van der Waals surface area (Å²) >= 11 is 3.40. The topological polar surface area (TPSA) is 27.1 Å². The second-order valence-electron chi connectivity index (χ2n) is 4.20. The fraction of sp³-hybridized carbons (Fsp3) is 0.667. The van der Waals surface area contributed by atoms with E-state index in [2.05, 4.69) is 21.0 Å². The molecule has 2 aliphatic heterocycles. The minimum atomic E-state index is 0.413. The highest BCUT2D eigenvalue weighted by Gasteiger charge is 2.52. The van der Waals surface area contributed by atoms with Crippen molar-refractivity contribution in [3.8, 4) is 0 Å². The van der Waals surface area contributed by atoms with Crippen LogP contribution >= 0.6 is 15.9 Å². The Hall–Kier alpha value is -0.350. The molecule has 3 heterocycles. The summed E-state index contributed by atoms with van der Waals surface area (Å²) in [5, 5.41) is 4.26. The molecule has 3 nitrogen and oxygen atoms in total. The van der Waals surface area contributed by atoms with E-state index in [9.17, 15) is 0 Å². The van der Waals surface area contributed by atoms with Crippen molar-refractivity contribution < 1.29 is 4.74 Å². The van der Waals surface area contributed by atoms with E-state index in [-0.39, 0.29) is 0 Å². The van der Waals surface area contributed by atoms with Gasteiger partial charge in [-0.25, -0.2) is 0 Å². The van der Waals surface area contributed by atoms with E-state index in [0.717, 1.165) is 17.6 Å². The van der Waals surface area contributed by atoms with Crippen molar-refractivity contribution in [3.05, 3.63) is 16.9 Å². The maximum Gasteiger partial charge on any atom is 0.0632 e. The van der Waals surface area contributed by atoms with Crippen molar-refractivity contribution in [2.24, 2.45) is 5.41 Å². The van der Waals surface area contributed by atoms with E-state index in [1.807, 2.05) is 17.1 Å². The highest BCUT2D eigenvalue weighted by atomic mass is 79.9. The third kappa shape index (κ3) is 1.23. The van der Waals surface area contributed by atoms with Crippen LogP contribution in [0.1, 0.15) is 12.8 Å². The van der Waals surface area contributed by atoms with Gasteiger partial charge in [-0.15, -0.1) is 0 Å². The Labute approximate surface area is 85.2 Å². The average Bonchev–Trinajstić information content (AvgIpc) is 2.65. The molecule has 13 heavy (non-hydrogen) atoms. The van der Waals surface area contributed by atoms with Gasteiger partial charge in [-0.3, -0.25) is 4.68 Å². The van der Waals surface area contributed by atoms with E-state index >= 15 is 0 Å². The van der Waals surface area contributed by atoms with Crippen LogP contribution in [0.5, 0.6) is 0 Å². The fourth-order valence-electron chi connectivity index (χ4n) is 2.38. The SMILES string of the molecule is Brc1cnn(CC23COC(C2)C3)c1. The fourth-order valence-corrected chi connectivity index (χ4v) is 2.71. The van der Waals surface area contributed by atoms with Gasteiger partial charge < -0.3 is 4.74 Å². The second-order valence-corrected chi connectivity index (χ2v) is 5.11. The molecule has 0 radical (unpaired) electrons. The Morgan fingerprint density at radius 1 is 1.69 bits per heavy atom. The van der Waals surface area contributed by atoms with Crippen molar-refractivity contribution >= 4 is 15.9 Å². The van der Waals surface area contributed by atoms with Gasteiger partial charge in [0.15, 0.2) is 0 Å². The number of aromatic nitrogens is 2. The van der Waals surface area contributed by atoms with Crippen molar-refractivity contribution in [1.82, 2.24) is 9.78 Å². The molecule has 1 aromatic heterocycles. The molecular formula is C9H11BrN2O. The van der Waals surface area contributed by atoms with Gasteiger partial charge >= 0.3 is 0 Å². The molecule has 70 valence electrons. The summed E-state index contributed by atoms with van der Waals surface area (Å²) in [7, 11) is 0. The van der Waals surface area contributed by atoms with E-state index in [4.69, 9.17) is 4.74 Å². The maximum atomic E-state index is 5.56. The lowest BCUT2D eigenvalue weighted by molar-refractivity contribution is 0.104. The second kappa shape index (κ2) is 2.58. The minimum absolute atomic E-state index is 0.413. The van der Waals surface area contributed by atoms with E-state index < -0.39 is 0 Å². The van der Waals surface area contributed by atoms with Crippen LogP contribution in [-0.4, -0.2) is 22.5 Å². The molecule has 4 heteroatoms. The molecule has 2 bridgehead atoms. The lowest BCUT2D eigenvalue weighted by Crippen LogP contribution is -2.36. The molecule has 0 spiro atoms. The Balaban J connectivity index is 1.75. The molecule has 3 fully saturated rings. The average molecular weight is 243 g/mol. The Morgan fingerprint density at radius 3 is 3.08 bits per heavy atom. The molecule has 0 N–H and O–H groups in total. The molecule has 0 amide bonds. The number of hydrogen-bond donors (Lipinski definition) is 0. The number of hydrogen-bond acceptors (Lipinski definition) is 2. The molecule has 0 unspecified atom stereocenters. The zero-order valence-corrected chi connectivity index (χ0v) is 8.83. The number of fused-ring (bicyclic) bond motifs is 1. The van der Waals surface area contributed by atoms with Gasteiger partial charge in [0.1, 0.15) is 0 Å². The maximum absolute atomic E-state index is 5.56. The summed E-state index contributed by atoms with van der Waals surface area (Å²) in [5.74, 6) is 0. The molecule has 1 aromatic rings. The number of rotatable bonds is 2. The van der Waals surface area contributed by atoms with Crippen molar-refractivity contribution in [1.29, 1.82) is 0 Å². The summed E-state index contributed by atoms with van der Waals surface area (Å²) in [6, 6.07) is 0. The molecule has 1 saturated carbocycles. The van der Waals surface area contributed by atoms with Gasteiger partial charge in [0.05, 0.1) is 23.4 Å². The van der Waals surface area contributed by atoms with Crippen LogP contribution in [0, 0.1) is 5.41 Å². The first-order chi connectivity index (χ1) is 6.26. The van der Waals surface area contributed by atoms with Crippen LogP contribution in [-0.2, 0) is 11.3 Å². The number of nitrogens with zero attached hydrogens (tertiary/aromatic N) is 2. The van der Waals surface area contributed by atoms with E-state index in [1.165, 1.54) is 12.8 Å². The lowest BCUT2D eigenvalue weighted by atomic mass is 9.70. The summed E-state index contributed by atoms with van der Waals surface area (Å²) < 4.78 is 8.62. The zero-order chi connectivity index (χ0) is 8.89. The van der Waals surface area contributed by atoms with Gasteiger partial charge in [0.25, 0.3) is 0 Å². The van der Waals surface area contributed by atoms with Gasteiger partial charge in [0, 0.05) is 18.2 Å². The van der Waals surface area contributed by atoms with Crippen LogP contribution in [0.25, 0.3) is 0 Å². The van der Waals surface area contributed by atoms with Crippen molar-refractivity contribution in [2.75, 3.05) is 6.61 Å². The highest BCUT2D eigenvalue weighted by molar-refractivity contribution is 9.10. The van der Waals surface area contributed by atoms with Crippen LogP contribution in [0.2, 0.25) is 0 Å². The summed E-state index contributed by atoms with van der Waals surface area (Å²) in [6.45, 7) is 1.93. The molecule has 0 aromatic carbocycles. The normalized spacial score (nSPS) is 36.2. The predicted octanol–water partition coefficient (Wildman–Crippen LogP) is 1.82. The summed E-state index contributed by atoms with van der Waals surface area (Å²) in [6.07, 6.45) is 6.87. The first kappa shape index (κ1) is 8.00. The van der Waals surface area contributed by atoms with Crippen molar-refractivity contribution in [2.45, 2.75) is 25.5 Å². The summed E-state index contributed by atoms with van der Waals surface area (Å²) in [4.78, 5) is 0. The van der Waals surface area contributed by atoms with Gasteiger partial charge in [-0.2, -0.15) is 5.10 Å². The van der Waals surface area contributed by atoms with Gasteiger partial charge in [-0.05, 0) is 28.8 Å². The van der Waals surface area contributed by atoms with Gasteiger partial charge in [0.2, 0.25) is 0 Å². The quantitative estimate of drug-likeness (QED) is 0.792. The zero-order valence-electron chi connectivity index (χ0n) is 7.24. The molecule has 4 rings (SSSR count). The van der Waals surface area contributed by atoms with Crippen LogP contribution in [0.4, 0.5) is 0 Å². The Morgan fingerprint density at radius 2 is 2.54 bits per heavy atom. The van der Waals surface area contributed by atoms with Crippen LogP contribution in [0.3, 0.4) is 0 Å². The van der Waals surface area contributed by atoms with Crippen LogP contribution in [0.15, 0.2) is 16.9 Å². The molecular weight excluding hydrogens is 232 g/mol. The molecule has 2 saturated heterocycles. The first-order valence-corrected chi connectivity index (χ1v) is 5.35. The third-order valence-electron chi connectivity index (χ3n) is 3.05. The van der Waals surface area contributed by atoms with Crippen LogP contribution < -0.4 is 0 Å². The highest BCUT2D eigenvalue weighted by Crippen LogP contribution is 2.50. The first-order valence-electron chi connectivity index (χ1n) is 4.55. The van der Waals surface area contributed by atoms with Crippen molar-refractivity contribution in [3.63, 3.8) is 0 Å². The van der Waals surface area contributed by atoms with Gasteiger partial charge in [-0.1, -0.05) is 0 Å². The number of ether oxygens (including phenoxy) is 1. The van der Waals surface area contributed by atoms with E-state index in [1.54, 1.807) is 0 Å². The monoisotopic (exact) mass is 242 g/mol. The smallest absolute Gasteiger partial charge is 0.0632 e. The molecule has 3 aliphatic rings. The minimum Gasteiger partial charge on any atom is -0.378 e. The predicted molar refractivity (Wildman–Crippen MR) is 51.3 cm³/mol. The largest absolute Gasteiger partial charge is 0.378 e. The summed E-state index contributed by atoms with van der Waals surface area (Å²) in [5.41, 5.74) is 0.413. The van der Waals surface area contributed by atoms with E-state index in [0.29, 0.717) is 11.5 Å². The number of halogens is 1. The third-order valence-corrected chi connectivity index (χ3v) is 3.46. The Kier molecular flexibility index (Phi) is 1.58. The molecule has 0 atom stereocenters. The standard InChI is InChI=1S/C9H11BrN2O/c10-7-3-11-12(4-7)5-9-1-8(2-9)13-6-9/h3-4,8H,1-2,5-6H2. The Bertz CT molecular complexity index is 325.